The van der Waals surface area contributed by atoms with Crippen molar-refractivity contribution in [2.24, 2.45) is 0 Å². The van der Waals surface area contributed by atoms with E-state index in [1.165, 1.54) is 21.7 Å². The van der Waals surface area contributed by atoms with E-state index >= 15 is 0 Å². The molecule has 6 rings (SSSR count). The van der Waals surface area contributed by atoms with Crippen LogP contribution in [-0.4, -0.2) is 76.7 Å². The number of cyclic esters (lactones) is 1. The van der Waals surface area contributed by atoms with Crippen LogP contribution >= 0.6 is 22.9 Å². The van der Waals surface area contributed by atoms with Crippen LogP contribution in [0.2, 0.25) is 9.37 Å². The van der Waals surface area contributed by atoms with Crippen molar-refractivity contribution in [3.05, 3.63) is 106 Å². The van der Waals surface area contributed by atoms with Gasteiger partial charge in [0, 0.05) is 31.0 Å². The van der Waals surface area contributed by atoms with Gasteiger partial charge in [0.2, 0.25) is 0 Å². The predicted molar refractivity (Wildman–Crippen MR) is 203 cm³/mol. The standard InChI is InChI=1S/C38H43ClN4O5SSi/c1-27-24-28(43-26-29(48-37(43)46)25-40-35(44)33-18-19-34(39)49-33)16-17-32(27)42-21-11-20-41(36(42)45)22-23-47-50(38(2,3)4,30-12-7-5-8-13-30)31-14-9-6-10-15-31/h5-10,12-19,24,29H,11,20-23,25-26H2,1-4H3,(H,40,44)/t29-/m0/s1. The Kier molecular flexibility index (Phi) is 10.7. The fourth-order valence-corrected chi connectivity index (χ4v) is 12.5. The number of thiophene rings is 1. The van der Waals surface area contributed by atoms with Crippen LogP contribution in [0.25, 0.3) is 0 Å². The van der Waals surface area contributed by atoms with Gasteiger partial charge in [0.1, 0.15) is 6.10 Å². The van der Waals surface area contributed by atoms with Gasteiger partial charge in [-0.1, -0.05) is 93.0 Å². The molecule has 9 nitrogen and oxygen atoms in total. The molecule has 262 valence electrons. The van der Waals surface area contributed by atoms with Gasteiger partial charge in [-0.05, 0) is 64.7 Å². The molecule has 2 aliphatic heterocycles. The van der Waals surface area contributed by atoms with Crippen molar-refractivity contribution in [1.29, 1.82) is 0 Å². The number of amides is 4. The molecule has 3 heterocycles. The Morgan fingerprint density at radius 2 is 1.64 bits per heavy atom. The summed E-state index contributed by atoms with van der Waals surface area (Å²) in [4.78, 5) is 44.9. The highest BCUT2D eigenvalue weighted by molar-refractivity contribution is 7.18. The number of aryl methyl sites for hydroxylation is 1. The molecule has 0 bridgehead atoms. The number of hydrogen-bond donors (Lipinski definition) is 1. The van der Waals surface area contributed by atoms with Gasteiger partial charge in [0.25, 0.3) is 14.2 Å². The Morgan fingerprint density at radius 1 is 0.960 bits per heavy atom. The minimum absolute atomic E-state index is 0.0541. The number of nitrogens with one attached hydrogen (secondary N) is 1. The summed E-state index contributed by atoms with van der Waals surface area (Å²) in [6.45, 7) is 11.4. The second kappa shape index (κ2) is 15.0. The van der Waals surface area contributed by atoms with Crippen molar-refractivity contribution >= 4 is 71.0 Å². The third-order valence-electron chi connectivity index (χ3n) is 9.35. The van der Waals surface area contributed by atoms with Crippen LogP contribution in [0, 0.1) is 6.92 Å². The van der Waals surface area contributed by atoms with Gasteiger partial charge in [-0.25, -0.2) is 9.59 Å². The maximum absolute atomic E-state index is 13.9. The van der Waals surface area contributed by atoms with Gasteiger partial charge < -0.3 is 19.4 Å². The molecule has 0 radical (unpaired) electrons. The van der Waals surface area contributed by atoms with Gasteiger partial charge >= 0.3 is 12.1 Å². The first-order valence-electron chi connectivity index (χ1n) is 16.9. The zero-order valence-electron chi connectivity index (χ0n) is 28.9. The molecule has 0 spiro atoms. The van der Waals surface area contributed by atoms with Crippen LogP contribution in [0.3, 0.4) is 0 Å². The van der Waals surface area contributed by atoms with E-state index in [1.54, 1.807) is 17.0 Å². The van der Waals surface area contributed by atoms with E-state index in [9.17, 15) is 14.4 Å². The fraction of sp³-hybridized carbons (Fsp3) is 0.342. The summed E-state index contributed by atoms with van der Waals surface area (Å²) in [5.41, 5.74) is 2.36. The van der Waals surface area contributed by atoms with Gasteiger partial charge in [-0.3, -0.25) is 14.6 Å². The summed E-state index contributed by atoms with van der Waals surface area (Å²) in [5, 5.41) is 5.09. The molecule has 0 saturated carbocycles. The lowest BCUT2D eigenvalue weighted by atomic mass is 10.1. The van der Waals surface area contributed by atoms with E-state index in [2.05, 4.69) is 74.6 Å². The van der Waals surface area contributed by atoms with Crippen LogP contribution in [-0.2, 0) is 9.16 Å². The number of carbonyl (C=O) groups is 3. The van der Waals surface area contributed by atoms with E-state index in [1.807, 2.05) is 47.1 Å². The van der Waals surface area contributed by atoms with Crippen LogP contribution in [0.1, 0.15) is 42.4 Å². The predicted octanol–water partition coefficient (Wildman–Crippen LogP) is 6.67. The molecule has 3 aromatic carbocycles. The average molecular weight is 731 g/mol. The number of rotatable bonds is 11. The second-order valence-electron chi connectivity index (χ2n) is 13.7. The number of nitrogens with zero attached hydrogens (tertiary/aromatic N) is 3. The minimum Gasteiger partial charge on any atom is -0.442 e. The molecule has 4 amide bonds. The monoisotopic (exact) mass is 730 g/mol. The van der Waals surface area contributed by atoms with Crippen molar-refractivity contribution in [2.75, 3.05) is 49.1 Å². The maximum atomic E-state index is 13.9. The maximum Gasteiger partial charge on any atom is 0.414 e. The van der Waals surface area contributed by atoms with Crippen LogP contribution in [0.5, 0.6) is 0 Å². The number of benzene rings is 3. The highest BCUT2D eigenvalue weighted by atomic mass is 35.5. The van der Waals surface area contributed by atoms with Crippen molar-refractivity contribution in [3.8, 4) is 0 Å². The first kappa shape index (κ1) is 35.7. The third kappa shape index (κ3) is 7.32. The summed E-state index contributed by atoms with van der Waals surface area (Å²) in [5.74, 6) is -0.258. The molecular formula is C38H43ClN4O5SSi. The Hall–Kier alpha value is -4.16. The summed E-state index contributed by atoms with van der Waals surface area (Å²) >= 11 is 7.14. The van der Waals surface area contributed by atoms with Crippen molar-refractivity contribution < 1.29 is 23.5 Å². The molecule has 4 aromatic rings. The van der Waals surface area contributed by atoms with Crippen LogP contribution in [0.15, 0.2) is 91.0 Å². The van der Waals surface area contributed by atoms with Gasteiger partial charge in [0.15, 0.2) is 0 Å². The van der Waals surface area contributed by atoms with Gasteiger partial charge in [-0.2, -0.15) is 0 Å². The summed E-state index contributed by atoms with van der Waals surface area (Å²) in [6.07, 6.45) is -0.141. The van der Waals surface area contributed by atoms with E-state index in [4.69, 9.17) is 20.8 Å². The Bertz CT molecular complexity index is 1790. The first-order valence-corrected chi connectivity index (χ1v) is 20.0. The quantitative estimate of drug-likeness (QED) is 0.174. The highest BCUT2D eigenvalue weighted by Crippen LogP contribution is 2.37. The minimum atomic E-state index is -2.72. The summed E-state index contributed by atoms with van der Waals surface area (Å²) in [7, 11) is -2.72. The zero-order valence-corrected chi connectivity index (χ0v) is 31.4. The molecule has 50 heavy (non-hydrogen) atoms. The molecule has 12 heteroatoms. The average Bonchev–Trinajstić information content (AvgIpc) is 3.71. The Labute approximate surface area is 303 Å². The summed E-state index contributed by atoms with van der Waals surface area (Å²) in [6, 6.07) is 30.0. The highest BCUT2D eigenvalue weighted by Gasteiger charge is 2.50. The van der Waals surface area contributed by atoms with Gasteiger partial charge in [-0.15, -0.1) is 11.3 Å². The molecule has 2 saturated heterocycles. The lowest BCUT2D eigenvalue weighted by molar-refractivity contribution is 0.0920. The molecule has 0 aliphatic carbocycles. The number of anilines is 2. The Morgan fingerprint density at radius 3 is 2.24 bits per heavy atom. The smallest absolute Gasteiger partial charge is 0.414 e. The largest absolute Gasteiger partial charge is 0.442 e. The fourth-order valence-electron chi connectivity index (χ4n) is 6.96. The molecule has 2 fully saturated rings. The van der Waals surface area contributed by atoms with Gasteiger partial charge in [0.05, 0.1) is 28.9 Å². The number of hydrogen-bond acceptors (Lipinski definition) is 6. The summed E-state index contributed by atoms with van der Waals surface area (Å²) < 4.78 is 13.2. The van der Waals surface area contributed by atoms with E-state index in [0.717, 1.165) is 17.7 Å². The molecule has 1 N–H and O–H groups in total. The molecule has 1 atom stereocenters. The zero-order chi connectivity index (χ0) is 35.5. The van der Waals surface area contributed by atoms with E-state index in [-0.39, 0.29) is 23.5 Å². The first-order chi connectivity index (χ1) is 24.0. The number of urea groups is 1. The lowest BCUT2D eigenvalue weighted by Crippen LogP contribution is -2.67. The molecular weight excluding hydrogens is 688 g/mol. The van der Waals surface area contributed by atoms with Crippen molar-refractivity contribution in [1.82, 2.24) is 10.2 Å². The van der Waals surface area contributed by atoms with E-state index < -0.39 is 20.5 Å². The van der Waals surface area contributed by atoms with Crippen molar-refractivity contribution in [2.45, 2.75) is 45.3 Å². The molecule has 0 unspecified atom stereocenters. The number of halogens is 1. The topological polar surface area (TPSA) is 91.4 Å². The number of ether oxygens (including phenoxy) is 1. The van der Waals surface area contributed by atoms with Crippen LogP contribution in [0.4, 0.5) is 21.0 Å². The SMILES string of the molecule is Cc1cc(N2C[C@H](CNC(=O)c3ccc(Cl)s3)OC2=O)ccc1N1CCCN(CCO[Si](c2ccccc2)(c2ccccc2)C(C)(C)C)C1=O. The normalized spacial score (nSPS) is 16.9. The third-order valence-corrected chi connectivity index (χ3v) is 15.6. The van der Waals surface area contributed by atoms with Crippen LogP contribution < -0.4 is 25.5 Å². The second-order valence-corrected chi connectivity index (χ2v) is 19.7. The lowest BCUT2D eigenvalue weighted by Gasteiger charge is -2.44. The van der Waals surface area contributed by atoms with E-state index in [0.29, 0.717) is 47.7 Å². The Balaban J connectivity index is 1.11. The van der Waals surface area contributed by atoms with Crippen molar-refractivity contribution in [3.63, 3.8) is 0 Å². The molecule has 1 aromatic heterocycles. The number of carbonyl (C=O) groups excluding carboxylic acids is 3. The molecule has 2 aliphatic rings.